The third kappa shape index (κ3) is 3.45. The van der Waals surface area contributed by atoms with Gasteiger partial charge in [-0.2, -0.15) is 4.98 Å². The SMILES string of the molecule is NCCCNc1nc(N2CCCc3ccccc3C2)nc2ccsc12. The van der Waals surface area contributed by atoms with Gasteiger partial charge in [0.25, 0.3) is 0 Å². The predicted molar refractivity (Wildman–Crippen MR) is 105 cm³/mol. The lowest BCUT2D eigenvalue weighted by atomic mass is 10.0. The zero-order chi connectivity index (χ0) is 17.1. The maximum Gasteiger partial charge on any atom is 0.228 e. The van der Waals surface area contributed by atoms with Crippen LogP contribution in [-0.4, -0.2) is 29.6 Å². The van der Waals surface area contributed by atoms with Crippen LogP contribution in [0, 0.1) is 0 Å². The van der Waals surface area contributed by atoms with E-state index in [4.69, 9.17) is 15.7 Å². The van der Waals surface area contributed by atoms with Crippen molar-refractivity contribution in [1.29, 1.82) is 0 Å². The molecule has 25 heavy (non-hydrogen) atoms. The van der Waals surface area contributed by atoms with E-state index in [1.807, 2.05) is 0 Å². The molecular formula is C19H23N5S. The van der Waals surface area contributed by atoms with Crippen LogP contribution in [0.2, 0.25) is 0 Å². The molecule has 3 heterocycles. The largest absolute Gasteiger partial charge is 0.369 e. The molecule has 3 N–H and O–H groups in total. The Kier molecular flexibility index (Phi) is 4.81. The fourth-order valence-corrected chi connectivity index (χ4v) is 4.09. The van der Waals surface area contributed by atoms with Gasteiger partial charge in [-0.25, -0.2) is 4.98 Å². The molecule has 0 aliphatic carbocycles. The summed E-state index contributed by atoms with van der Waals surface area (Å²) in [5.74, 6) is 1.75. The molecule has 1 aliphatic heterocycles. The van der Waals surface area contributed by atoms with Crippen LogP contribution in [-0.2, 0) is 13.0 Å². The van der Waals surface area contributed by atoms with Gasteiger partial charge in [-0.05, 0) is 48.4 Å². The van der Waals surface area contributed by atoms with Crippen LogP contribution in [0.15, 0.2) is 35.7 Å². The Morgan fingerprint density at radius 2 is 2.04 bits per heavy atom. The normalized spacial score (nSPS) is 14.4. The molecular weight excluding hydrogens is 330 g/mol. The van der Waals surface area contributed by atoms with E-state index in [0.717, 1.165) is 60.9 Å². The van der Waals surface area contributed by atoms with Gasteiger partial charge in [0, 0.05) is 19.6 Å². The number of aryl methyl sites for hydroxylation is 1. The van der Waals surface area contributed by atoms with Crippen LogP contribution < -0.4 is 16.0 Å². The summed E-state index contributed by atoms with van der Waals surface area (Å²) < 4.78 is 1.12. The highest BCUT2D eigenvalue weighted by molar-refractivity contribution is 7.17. The summed E-state index contributed by atoms with van der Waals surface area (Å²) >= 11 is 1.68. The molecule has 0 fully saturated rings. The van der Waals surface area contributed by atoms with E-state index < -0.39 is 0 Å². The molecule has 0 saturated heterocycles. The molecule has 0 radical (unpaired) electrons. The summed E-state index contributed by atoms with van der Waals surface area (Å²) in [4.78, 5) is 12.0. The highest BCUT2D eigenvalue weighted by Crippen LogP contribution is 2.30. The number of nitrogens with one attached hydrogen (secondary N) is 1. The molecule has 1 aliphatic rings. The Bertz CT molecular complexity index is 860. The van der Waals surface area contributed by atoms with Crippen LogP contribution in [0.4, 0.5) is 11.8 Å². The summed E-state index contributed by atoms with van der Waals surface area (Å²) in [7, 11) is 0. The van der Waals surface area contributed by atoms with Gasteiger partial charge in [-0.15, -0.1) is 11.3 Å². The standard InChI is InChI=1S/C19H23N5S/c20-9-4-10-21-18-17-16(8-12-25-17)22-19(23-18)24-11-3-7-14-5-1-2-6-15(14)13-24/h1-2,5-6,8,12H,3-4,7,9-11,13,20H2,(H,21,22,23). The monoisotopic (exact) mass is 353 g/mol. The fourth-order valence-electron chi connectivity index (χ4n) is 3.29. The Labute approximate surface area is 151 Å². The van der Waals surface area contributed by atoms with Crippen molar-refractivity contribution in [1.82, 2.24) is 9.97 Å². The first-order valence-electron chi connectivity index (χ1n) is 8.86. The molecule has 6 heteroatoms. The predicted octanol–water partition coefficient (Wildman–Crippen LogP) is 3.40. The number of aromatic nitrogens is 2. The van der Waals surface area contributed by atoms with Gasteiger partial charge in [0.15, 0.2) is 0 Å². The Morgan fingerprint density at radius 1 is 1.16 bits per heavy atom. The lowest BCUT2D eigenvalue weighted by Crippen LogP contribution is -2.25. The second kappa shape index (κ2) is 7.37. The maximum atomic E-state index is 5.62. The van der Waals surface area contributed by atoms with E-state index in [9.17, 15) is 0 Å². The number of hydrogen-bond donors (Lipinski definition) is 2. The minimum absolute atomic E-state index is 0.682. The van der Waals surface area contributed by atoms with Crippen molar-refractivity contribution >= 4 is 33.3 Å². The van der Waals surface area contributed by atoms with E-state index in [2.05, 4.69) is 45.9 Å². The van der Waals surface area contributed by atoms with E-state index in [1.54, 1.807) is 11.3 Å². The van der Waals surface area contributed by atoms with Crippen molar-refractivity contribution in [3.8, 4) is 0 Å². The summed E-state index contributed by atoms with van der Waals surface area (Å²) in [5, 5.41) is 5.52. The second-order valence-electron chi connectivity index (χ2n) is 6.37. The summed E-state index contributed by atoms with van der Waals surface area (Å²) in [6.45, 7) is 3.37. The van der Waals surface area contributed by atoms with Crippen molar-refractivity contribution in [2.45, 2.75) is 25.8 Å². The van der Waals surface area contributed by atoms with Gasteiger partial charge in [-0.3, -0.25) is 0 Å². The van der Waals surface area contributed by atoms with Crippen molar-refractivity contribution in [2.75, 3.05) is 29.9 Å². The highest BCUT2D eigenvalue weighted by atomic mass is 32.1. The first-order chi connectivity index (χ1) is 12.3. The van der Waals surface area contributed by atoms with Crippen LogP contribution in [0.3, 0.4) is 0 Å². The molecule has 130 valence electrons. The van der Waals surface area contributed by atoms with Crippen molar-refractivity contribution in [3.05, 3.63) is 46.8 Å². The minimum Gasteiger partial charge on any atom is -0.369 e. The first kappa shape index (κ1) is 16.3. The molecule has 0 unspecified atom stereocenters. The summed E-state index contributed by atoms with van der Waals surface area (Å²) in [6.07, 6.45) is 3.18. The van der Waals surface area contributed by atoms with Crippen molar-refractivity contribution in [3.63, 3.8) is 0 Å². The van der Waals surface area contributed by atoms with Crippen LogP contribution in [0.25, 0.3) is 10.2 Å². The molecule has 4 rings (SSSR count). The number of rotatable bonds is 5. The zero-order valence-corrected chi connectivity index (χ0v) is 15.1. The van der Waals surface area contributed by atoms with Crippen molar-refractivity contribution < 1.29 is 0 Å². The van der Waals surface area contributed by atoms with Crippen LogP contribution in [0.1, 0.15) is 24.0 Å². The Morgan fingerprint density at radius 3 is 2.92 bits per heavy atom. The van der Waals surface area contributed by atoms with Crippen LogP contribution >= 0.6 is 11.3 Å². The van der Waals surface area contributed by atoms with E-state index in [0.29, 0.717) is 6.54 Å². The third-order valence-electron chi connectivity index (χ3n) is 4.60. The van der Waals surface area contributed by atoms with E-state index in [-0.39, 0.29) is 0 Å². The number of anilines is 2. The molecule has 3 aromatic rings. The lowest BCUT2D eigenvalue weighted by molar-refractivity contribution is 0.743. The first-order valence-corrected chi connectivity index (χ1v) is 9.74. The average molecular weight is 353 g/mol. The molecule has 0 saturated carbocycles. The number of benzene rings is 1. The Hall–Kier alpha value is -2.18. The average Bonchev–Trinajstić information content (AvgIpc) is 3.00. The van der Waals surface area contributed by atoms with Crippen molar-refractivity contribution in [2.24, 2.45) is 5.73 Å². The zero-order valence-electron chi connectivity index (χ0n) is 14.2. The van der Waals surface area contributed by atoms with Gasteiger partial charge in [0.1, 0.15) is 5.82 Å². The topological polar surface area (TPSA) is 67.1 Å². The maximum absolute atomic E-state index is 5.62. The van der Waals surface area contributed by atoms with Gasteiger partial charge in [0.2, 0.25) is 5.95 Å². The van der Waals surface area contributed by atoms with Gasteiger partial charge < -0.3 is 16.0 Å². The van der Waals surface area contributed by atoms with Gasteiger partial charge in [0.05, 0.1) is 10.2 Å². The molecule has 0 amide bonds. The number of nitrogens with zero attached hydrogens (tertiary/aromatic N) is 3. The lowest BCUT2D eigenvalue weighted by Gasteiger charge is -2.21. The van der Waals surface area contributed by atoms with E-state index in [1.165, 1.54) is 11.1 Å². The molecule has 0 spiro atoms. The fraction of sp³-hybridized carbons (Fsp3) is 0.368. The number of hydrogen-bond acceptors (Lipinski definition) is 6. The highest BCUT2D eigenvalue weighted by Gasteiger charge is 2.18. The number of thiophene rings is 1. The van der Waals surface area contributed by atoms with E-state index >= 15 is 0 Å². The molecule has 2 aromatic heterocycles. The summed E-state index contributed by atoms with van der Waals surface area (Å²) in [5.41, 5.74) is 9.46. The molecule has 0 bridgehead atoms. The minimum atomic E-state index is 0.682. The quantitative estimate of drug-likeness (QED) is 0.688. The van der Waals surface area contributed by atoms with Gasteiger partial charge >= 0.3 is 0 Å². The number of nitrogens with two attached hydrogens (primary N) is 1. The molecule has 0 atom stereocenters. The Balaban J connectivity index is 1.66. The number of fused-ring (bicyclic) bond motifs is 2. The third-order valence-corrected chi connectivity index (χ3v) is 5.51. The second-order valence-corrected chi connectivity index (χ2v) is 7.29. The summed E-state index contributed by atoms with van der Waals surface area (Å²) in [6, 6.07) is 10.8. The molecule has 1 aromatic carbocycles. The van der Waals surface area contributed by atoms with Crippen LogP contribution in [0.5, 0.6) is 0 Å². The molecule has 5 nitrogen and oxygen atoms in total. The van der Waals surface area contributed by atoms with Gasteiger partial charge in [-0.1, -0.05) is 24.3 Å². The smallest absolute Gasteiger partial charge is 0.228 e.